The zero-order chi connectivity index (χ0) is 17.8. The van der Waals surface area contributed by atoms with Gasteiger partial charge < -0.3 is 20.5 Å². The maximum absolute atomic E-state index is 13.2. The van der Waals surface area contributed by atoms with Gasteiger partial charge in [-0.1, -0.05) is 0 Å². The largest absolute Gasteiger partial charge is 0.494 e. The van der Waals surface area contributed by atoms with E-state index in [4.69, 9.17) is 9.84 Å². The average molecular weight is 348 g/mol. The number of rotatable bonds is 5. The lowest BCUT2D eigenvalue weighted by molar-refractivity contribution is 0.246. The Balaban J connectivity index is 1.70. The van der Waals surface area contributed by atoms with Crippen molar-refractivity contribution in [3.63, 3.8) is 0 Å². The normalized spacial score (nSPS) is 16.2. The number of anilines is 1. The summed E-state index contributed by atoms with van der Waals surface area (Å²) in [5, 5.41) is 19.0. The molecular formula is C17H21FN4O3. The standard InChI is InChI=1S/C17H21FN4O3/c1-25-16-9-11(18)5-6-14(16)21-17(24)20-13-3-2-4-15-12(13)10-19-22(15)7-8-23/h5-6,9-10,13,23H,2-4,7-8H2,1H3,(H2,20,21,24). The molecule has 1 heterocycles. The van der Waals surface area contributed by atoms with E-state index in [1.54, 1.807) is 10.9 Å². The third-order valence-electron chi connectivity index (χ3n) is 4.29. The third-order valence-corrected chi connectivity index (χ3v) is 4.29. The Hall–Kier alpha value is -2.61. The number of aromatic nitrogens is 2. The number of methoxy groups -OCH3 is 1. The first kappa shape index (κ1) is 17.2. The fourth-order valence-corrected chi connectivity index (χ4v) is 3.14. The monoisotopic (exact) mass is 348 g/mol. The van der Waals surface area contributed by atoms with Crippen molar-refractivity contribution in [1.29, 1.82) is 0 Å². The van der Waals surface area contributed by atoms with E-state index < -0.39 is 11.8 Å². The van der Waals surface area contributed by atoms with Crippen LogP contribution in [0, 0.1) is 5.82 Å². The van der Waals surface area contributed by atoms with Gasteiger partial charge in [0.25, 0.3) is 0 Å². The summed E-state index contributed by atoms with van der Waals surface area (Å²) in [7, 11) is 1.42. The number of hydrogen-bond acceptors (Lipinski definition) is 4. The number of nitrogens with one attached hydrogen (secondary N) is 2. The second kappa shape index (κ2) is 7.52. The summed E-state index contributed by atoms with van der Waals surface area (Å²) in [5.74, 6) is -0.175. The van der Waals surface area contributed by atoms with Crippen molar-refractivity contribution in [3.8, 4) is 5.75 Å². The van der Waals surface area contributed by atoms with E-state index in [9.17, 15) is 9.18 Å². The minimum Gasteiger partial charge on any atom is -0.494 e. The number of hydrogen-bond donors (Lipinski definition) is 3. The number of amides is 2. The van der Waals surface area contributed by atoms with Crippen LogP contribution in [-0.2, 0) is 13.0 Å². The quantitative estimate of drug-likeness (QED) is 0.773. The van der Waals surface area contributed by atoms with Gasteiger partial charge in [0.15, 0.2) is 0 Å². The van der Waals surface area contributed by atoms with Gasteiger partial charge >= 0.3 is 6.03 Å². The van der Waals surface area contributed by atoms with E-state index in [2.05, 4.69) is 15.7 Å². The zero-order valence-electron chi connectivity index (χ0n) is 14.0. The first-order chi connectivity index (χ1) is 12.1. The maximum atomic E-state index is 13.2. The fraction of sp³-hybridized carbons (Fsp3) is 0.412. The maximum Gasteiger partial charge on any atom is 0.319 e. The molecule has 1 atom stereocenters. The lowest BCUT2D eigenvalue weighted by atomic mass is 9.93. The van der Waals surface area contributed by atoms with Crippen LogP contribution >= 0.6 is 0 Å². The molecule has 0 aliphatic heterocycles. The molecule has 25 heavy (non-hydrogen) atoms. The van der Waals surface area contributed by atoms with Gasteiger partial charge in [-0.2, -0.15) is 5.10 Å². The van der Waals surface area contributed by atoms with Gasteiger partial charge in [0.05, 0.1) is 38.2 Å². The number of ether oxygens (including phenoxy) is 1. The van der Waals surface area contributed by atoms with Crippen molar-refractivity contribution in [2.45, 2.75) is 31.8 Å². The first-order valence-electron chi connectivity index (χ1n) is 8.19. The molecule has 1 aromatic heterocycles. The molecule has 1 aliphatic rings. The lowest BCUT2D eigenvalue weighted by Crippen LogP contribution is -2.34. The van der Waals surface area contributed by atoms with Crippen LogP contribution in [0.5, 0.6) is 5.75 Å². The zero-order valence-corrected chi connectivity index (χ0v) is 14.0. The number of fused-ring (bicyclic) bond motifs is 1. The Labute approximate surface area is 144 Å². The molecule has 1 aromatic carbocycles. The van der Waals surface area contributed by atoms with Crippen LogP contribution in [0.3, 0.4) is 0 Å². The van der Waals surface area contributed by atoms with E-state index in [-0.39, 0.29) is 18.4 Å². The van der Waals surface area contributed by atoms with Crippen molar-refractivity contribution in [2.75, 3.05) is 19.0 Å². The molecule has 0 saturated heterocycles. The highest BCUT2D eigenvalue weighted by Crippen LogP contribution is 2.30. The summed E-state index contributed by atoms with van der Waals surface area (Å²) < 4.78 is 20.1. The van der Waals surface area contributed by atoms with Crippen molar-refractivity contribution in [1.82, 2.24) is 15.1 Å². The number of carbonyl (C=O) groups is 1. The molecule has 0 spiro atoms. The van der Waals surface area contributed by atoms with Crippen LogP contribution in [0.15, 0.2) is 24.4 Å². The van der Waals surface area contributed by atoms with Crippen LogP contribution < -0.4 is 15.4 Å². The molecule has 1 unspecified atom stereocenters. The fourth-order valence-electron chi connectivity index (χ4n) is 3.14. The second-order valence-electron chi connectivity index (χ2n) is 5.88. The van der Waals surface area contributed by atoms with Gasteiger partial charge in [-0.15, -0.1) is 0 Å². The number of urea groups is 1. The smallest absolute Gasteiger partial charge is 0.319 e. The highest BCUT2D eigenvalue weighted by atomic mass is 19.1. The molecule has 2 amide bonds. The summed E-state index contributed by atoms with van der Waals surface area (Å²) in [5.41, 5.74) is 2.42. The molecule has 7 nitrogen and oxygen atoms in total. The molecule has 134 valence electrons. The minimum absolute atomic E-state index is 0.0249. The van der Waals surface area contributed by atoms with Gasteiger partial charge in [-0.25, -0.2) is 9.18 Å². The van der Waals surface area contributed by atoms with Crippen molar-refractivity contribution < 1.29 is 19.0 Å². The summed E-state index contributed by atoms with van der Waals surface area (Å²) in [6.45, 7) is 0.470. The van der Waals surface area contributed by atoms with Crippen molar-refractivity contribution >= 4 is 11.7 Å². The molecule has 3 N–H and O–H groups in total. The Morgan fingerprint density at radius 1 is 1.52 bits per heavy atom. The van der Waals surface area contributed by atoms with Crippen LogP contribution in [0.2, 0.25) is 0 Å². The van der Waals surface area contributed by atoms with E-state index in [0.29, 0.717) is 12.2 Å². The van der Waals surface area contributed by atoms with E-state index >= 15 is 0 Å². The van der Waals surface area contributed by atoms with Gasteiger partial charge in [0.1, 0.15) is 11.6 Å². The van der Waals surface area contributed by atoms with Crippen LogP contribution in [0.25, 0.3) is 0 Å². The van der Waals surface area contributed by atoms with Crippen LogP contribution in [0.4, 0.5) is 14.9 Å². The molecule has 0 bridgehead atoms. The van der Waals surface area contributed by atoms with Crippen LogP contribution in [0.1, 0.15) is 30.1 Å². The van der Waals surface area contributed by atoms with E-state index in [1.807, 2.05) is 0 Å². The highest BCUT2D eigenvalue weighted by molar-refractivity contribution is 5.91. The van der Waals surface area contributed by atoms with Gasteiger partial charge in [-0.3, -0.25) is 4.68 Å². The summed E-state index contributed by atoms with van der Waals surface area (Å²) in [6.07, 6.45) is 4.36. The molecule has 0 radical (unpaired) electrons. The molecule has 2 aromatic rings. The SMILES string of the molecule is COc1cc(F)ccc1NC(=O)NC1CCCc2c1cnn2CCO. The summed E-state index contributed by atoms with van der Waals surface area (Å²) in [4.78, 5) is 12.3. The second-order valence-corrected chi connectivity index (χ2v) is 5.88. The molecule has 3 rings (SSSR count). The topological polar surface area (TPSA) is 88.4 Å². The Bertz CT molecular complexity index is 762. The number of aliphatic hydroxyl groups is 1. The number of nitrogens with zero attached hydrogens (tertiary/aromatic N) is 2. The summed E-state index contributed by atoms with van der Waals surface area (Å²) in [6, 6.07) is 3.39. The molecule has 0 saturated carbocycles. The van der Waals surface area contributed by atoms with E-state index in [0.717, 1.165) is 30.5 Å². The summed E-state index contributed by atoms with van der Waals surface area (Å²) >= 11 is 0. The number of halogens is 1. The lowest BCUT2D eigenvalue weighted by Gasteiger charge is -2.24. The van der Waals surface area contributed by atoms with Gasteiger partial charge in [0.2, 0.25) is 0 Å². The predicted octanol–water partition coefficient (Wildman–Crippen LogP) is 2.22. The number of benzene rings is 1. The minimum atomic E-state index is -0.434. The highest BCUT2D eigenvalue weighted by Gasteiger charge is 2.25. The molecular weight excluding hydrogens is 327 g/mol. The molecule has 1 aliphatic carbocycles. The van der Waals surface area contributed by atoms with Crippen LogP contribution in [-0.4, -0.2) is 34.6 Å². The first-order valence-corrected chi connectivity index (χ1v) is 8.19. The average Bonchev–Trinajstić information content (AvgIpc) is 3.01. The molecule has 0 fully saturated rings. The Morgan fingerprint density at radius 2 is 2.36 bits per heavy atom. The number of aliphatic hydroxyl groups excluding tert-OH is 1. The van der Waals surface area contributed by atoms with Gasteiger partial charge in [-0.05, 0) is 31.4 Å². The number of carbonyl (C=O) groups excluding carboxylic acids is 1. The molecule has 8 heteroatoms. The van der Waals surface area contributed by atoms with E-state index in [1.165, 1.54) is 25.3 Å². The third kappa shape index (κ3) is 3.74. The van der Waals surface area contributed by atoms with Crippen molar-refractivity contribution in [2.24, 2.45) is 0 Å². The predicted molar refractivity (Wildman–Crippen MR) is 90.1 cm³/mol. The van der Waals surface area contributed by atoms with Gasteiger partial charge in [0, 0.05) is 17.3 Å². The Morgan fingerprint density at radius 3 is 3.12 bits per heavy atom. The Kier molecular flexibility index (Phi) is 5.18. The van der Waals surface area contributed by atoms with Crippen molar-refractivity contribution in [3.05, 3.63) is 41.5 Å².